The maximum atomic E-state index is 12.8. The van der Waals surface area contributed by atoms with Gasteiger partial charge in [-0.25, -0.2) is 14.8 Å². The Hall–Kier alpha value is -2.91. The minimum Gasteiger partial charge on any atom is -0.444 e. The Morgan fingerprint density at radius 3 is 2.66 bits per heavy atom. The van der Waals surface area contributed by atoms with E-state index in [2.05, 4.69) is 22.5 Å². The molecular formula is C31H40ClN5O3S. The molecule has 5 rings (SSSR count). The zero-order valence-electron chi connectivity index (χ0n) is 24.4. The first-order valence-corrected chi connectivity index (χ1v) is 15.8. The summed E-state index contributed by atoms with van der Waals surface area (Å²) < 4.78 is 6.59. The second-order valence-corrected chi connectivity index (χ2v) is 13.8. The van der Waals surface area contributed by atoms with Crippen LogP contribution in [0.1, 0.15) is 83.0 Å². The van der Waals surface area contributed by atoms with Crippen LogP contribution < -0.4 is 10.6 Å². The number of nitrogens with one attached hydrogen (secondary N) is 2. The molecule has 1 aliphatic heterocycles. The van der Waals surface area contributed by atoms with Gasteiger partial charge in [0.15, 0.2) is 0 Å². The predicted molar refractivity (Wildman–Crippen MR) is 166 cm³/mol. The van der Waals surface area contributed by atoms with Gasteiger partial charge in [-0.15, -0.1) is 11.3 Å². The Labute approximate surface area is 251 Å². The minimum absolute atomic E-state index is 0.0287. The molecule has 2 N–H and O–H groups in total. The molecule has 8 nitrogen and oxygen atoms in total. The summed E-state index contributed by atoms with van der Waals surface area (Å²) in [4.78, 5) is 37.2. The number of carbonyl (C=O) groups is 2. The van der Waals surface area contributed by atoms with Crippen molar-refractivity contribution in [2.75, 3.05) is 25.0 Å². The number of piperidine rings is 1. The Kier molecular flexibility index (Phi) is 8.76. The van der Waals surface area contributed by atoms with Crippen molar-refractivity contribution in [3.05, 3.63) is 41.0 Å². The van der Waals surface area contributed by atoms with Gasteiger partial charge in [0.1, 0.15) is 11.3 Å². The quantitative estimate of drug-likeness (QED) is 0.248. The number of rotatable bonds is 9. The molecule has 3 aromatic rings. The van der Waals surface area contributed by atoms with Crippen molar-refractivity contribution in [1.82, 2.24) is 20.2 Å². The molecule has 10 heteroatoms. The Bertz CT molecular complexity index is 1410. The van der Waals surface area contributed by atoms with Gasteiger partial charge in [0.2, 0.25) is 5.95 Å². The Balaban J connectivity index is 1.19. The number of thiophene rings is 1. The first kappa shape index (κ1) is 29.6. The highest BCUT2D eigenvalue weighted by molar-refractivity contribution is 7.22. The van der Waals surface area contributed by atoms with Crippen LogP contribution in [0.5, 0.6) is 0 Å². The number of hydrogen-bond donors (Lipinski definition) is 2. The largest absolute Gasteiger partial charge is 0.444 e. The monoisotopic (exact) mass is 597 g/mol. The summed E-state index contributed by atoms with van der Waals surface area (Å²) in [6.45, 7) is 10.2. The molecule has 0 radical (unpaired) electrons. The molecule has 0 spiro atoms. The van der Waals surface area contributed by atoms with Crippen molar-refractivity contribution in [2.24, 2.45) is 5.41 Å². The maximum Gasteiger partial charge on any atom is 0.410 e. The van der Waals surface area contributed by atoms with Crippen LogP contribution in [-0.2, 0) is 4.74 Å². The molecule has 2 amide bonds. The van der Waals surface area contributed by atoms with Gasteiger partial charge in [0, 0.05) is 41.3 Å². The molecule has 0 atom stereocenters. The standard InChI is InChI=1S/C31H40ClN5O3S/c1-5-31(13-16-37(17-14-31)29(39)40-30(2,3)4)12-7-15-33-28-34-19-23(32)26(36-28)25-18-22-21(8-6-9-24(22)41-25)27(38)35-20-10-11-20/h6,8-9,18-20H,5,7,10-17H2,1-4H3,(H,35,38)(H,33,34,36). The summed E-state index contributed by atoms with van der Waals surface area (Å²) in [5.41, 5.74) is 1.10. The first-order chi connectivity index (χ1) is 19.6. The van der Waals surface area contributed by atoms with Crippen LogP contribution in [0.25, 0.3) is 20.7 Å². The molecule has 3 heterocycles. The third kappa shape index (κ3) is 7.30. The van der Waals surface area contributed by atoms with E-state index >= 15 is 0 Å². The average molecular weight is 598 g/mol. The zero-order chi connectivity index (χ0) is 29.2. The van der Waals surface area contributed by atoms with Gasteiger partial charge in [0.05, 0.1) is 16.1 Å². The topological polar surface area (TPSA) is 96.5 Å². The number of halogens is 1. The molecule has 220 valence electrons. The second kappa shape index (κ2) is 12.1. The van der Waals surface area contributed by atoms with Crippen LogP contribution in [0.3, 0.4) is 0 Å². The van der Waals surface area contributed by atoms with Crippen LogP contribution in [0.4, 0.5) is 10.7 Å². The van der Waals surface area contributed by atoms with Crippen LogP contribution in [0.15, 0.2) is 30.5 Å². The van der Waals surface area contributed by atoms with Crippen molar-refractivity contribution in [1.29, 1.82) is 0 Å². The Morgan fingerprint density at radius 1 is 1.22 bits per heavy atom. The molecule has 41 heavy (non-hydrogen) atoms. The van der Waals surface area contributed by atoms with Crippen LogP contribution >= 0.6 is 22.9 Å². The molecule has 0 bridgehead atoms. The normalized spacial score (nSPS) is 17.0. The minimum atomic E-state index is -0.475. The number of likely N-dealkylation sites (tertiary alicyclic amines) is 1. The van der Waals surface area contributed by atoms with Crippen molar-refractivity contribution in [3.63, 3.8) is 0 Å². The van der Waals surface area contributed by atoms with Gasteiger partial charge in [-0.1, -0.05) is 31.0 Å². The lowest BCUT2D eigenvalue weighted by Gasteiger charge is -2.41. The summed E-state index contributed by atoms with van der Waals surface area (Å²) >= 11 is 8.12. The predicted octanol–water partition coefficient (Wildman–Crippen LogP) is 7.52. The lowest BCUT2D eigenvalue weighted by Crippen LogP contribution is -2.45. The van der Waals surface area contributed by atoms with E-state index in [0.29, 0.717) is 28.3 Å². The summed E-state index contributed by atoms with van der Waals surface area (Å²) in [6.07, 6.45) is 8.62. The number of aromatic nitrogens is 2. The summed E-state index contributed by atoms with van der Waals surface area (Å²) in [6, 6.07) is 8.12. The fourth-order valence-corrected chi connectivity index (χ4v) is 6.77. The van der Waals surface area contributed by atoms with Crippen LogP contribution in [0.2, 0.25) is 5.02 Å². The summed E-state index contributed by atoms with van der Waals surface area (Å²) in [5.74, 6) is 0.512. The van der Waals surface area contributed by atoms with Gasteiger partial charge in [-0.3, -0.25) is 4.79 Å². The van der Waals surface area contributed by atoms with E-state index in [0.717, 1.165) is 79.5 Å². The van der Waals surface area contributed by atoms with E-state index in [4.69, 9.17) is 21.3 Å². The number of anilines is 1. The van der Waals surface area contributed by atoms with E-state index < -0.39 is 5.60 Å². The third-order valence-corrected chi connectivity index (χ3v) is 9.47. The SMILES string of the molecule is CCC1(CCCNc2ncc(Cl)c(-c3cc4c(C(=O)NC5CC5)cccc4s3)n2)CCN(C(=O)OC(C)(C)C)CC1. The van der Waals surface area contributed by atoms with Gasteiger partial charge >= 0.3 is 6.09 Å². The molecule has 1 saturated carbocycles. The fraction of sp³-hybridized carbons (Fsp3) is 0.548. The number of nitrogens with zero attached hydrogens (tertiary/aromatic N) is 3. The molecule has 2 fully saturated rings. The summed E-state index contributed by atoms with van der Waals surface area (Å²) in [7, 11) is 0. The van der Waals surface area contributed by atoms with E-state index in [1.54, 1.807) is 17.5 Å². The number of amides is 2. The number of carbonyl (C=O) groups excluding carboxylic acids is 2. The molecule has 2 aliphatic rings. The molecule has 1 aromatic carbocycles. The van der Waals surface area contributed by atoms with Crippen molar-refractivity contribution < 1.29 is 14.3 Å². The molecule has 1 aliphatic carbocycles. The molecule has 0 unspecified atom stereocenters. The summed E-state index contributed by atoms with van der Waals surface area (Å²) in [5, 5.41) is 7.86. The van der Waals surface area contributed by atoms with E-state index in [9.17, 15) is 9.59 Å². The smallest absolute Gasteiger partial charge is 0.410 e. The maximum absolute atomic E-state index is 12.8. The highest BCUT2D eigenvalue weighted by atomic mass is 35.5. The molecule has 2 aromatic heterocycles. The lowest BCUT2D eigenvalue weighted by atomic mass is 9.73. The number of benzene rings is 1. The van der Waals surface area contributed by atoms with Gasteiger partial charge in [-0.2, -0.15) is 0 Å². The molecular weight excluding hydrogens is 558 g/mol. The zero-order valence-corrected chi connectivity index (χ0v) is 26.0. The van der Waals surface area contributed by atoms with Gasteiger partial charge < -0.3 is 20.3 Å². The number of ether oxygens (including phenoxy) is 1. The lowest BCUT2D eigenvalue weighted by molar-refractivity contribution is 0.00812. The van der Waals surface area contributed by atoms with E-state index in [1.807, 2.05) is 49.9 Å². The van der Waals surface area contributed by atoms with Crippen molar-refractivity contribution in [2.45, 2.75) is 84.3 Å². The van der Waals surface area contributed by atoms with Crippen molar-refractivity contribution >= 4 is 51.0 Å². The van der Waals surface area contributed by atoms with E-state index in [-0.39, 0.29) is 17.4 Å². The Morgan fingerprint density at radius 2 is 1.98 bits per heavy atom. The van der Waals surface area contributed by atoms with E-state index in [1.165, 1.54) is 0 Å². The van der Waals surface area contributed by atoms with Gasteiger partial charge in [0.25, 0.3) is 5.91 Å². The first-order valence-electron chi connectivity index (χ1n) is 14.6. The third-order valence-electron chi connectivity index (χ3n) is 8.09. The van der Waals surface area contributed by atoms with Gasteiger partial charge in [-0.05, 0) is 82.9 Å². The molecule has 1 saturated heterocycles. The fourth-order valence-electron chi connectivity index (χ4n) is 5.43. The second-order valence-electron chi connectivity index (χ2n) is 12.3. The van der Waals surface area contributed by atoms with Crippen LogP contribution in [0, 0.1) is 5.41 Å². The number of fused-ring (bicyclic) bond motifs is 1. The van der Waals surface area contributed by atoms with Crippen molar-refractivity contribution in [3.8, 4) is 10.6 Å². The highest BCUT2D eigenvalue weighted by Crippen LogP contribution is 2.40. The number of hydrogen-bond acceptors (Lipinski definition) is 7. The highest BCUT2D eigenvalue weighted by Gasteiger charge is 2.35. The van der Waals surface area contributed by atoms with Crippen LogP contribution in [-0.4, -0.2) is 58.1 Å². The average Bonchev–Trinajstić information content (AvgIpc) is 3.64.